The van der Waals surface area contributed by atoms with Gasteiger partial charge in [0.1, 0.15) is 6.61 Å². The maximum Gasteiger partial charge on any atom is 0.410 e. The molecule has 2 aliphatic heterocycles. The first-order valence-corrected chi connectivity index (χ1v) is 11.5. The standard InChI is InChI=1S/C28H26N2O3/c1-18-10-11-29-14-26(18)19-12-20-15-32-16-21(13-19)30(20)28(31)33-17-27-24-8-4-2-6-22(24)23-7-3-5-9-25(23)27/h2-12,14,20-21,27H,13,15-17H2,1H3. The normalized spacial score (nSPS) is 21.2. The number of pyridine rings is 1. The SMILES string of the molecule is Cc1ccncc1C1=CC2COCC(C1)N2C(=O)OCC1c2ccccc2-c2ccccc21. The van der Waals surface area contributed by atoms with Gasteiger partial charge in [-0.05, 0) is 58.4 Å². The molecular formula is C28H26N2O3. The molecule has 0 N–H and O–H groups in total. The smallest absolute Gasteiger partial charge is 0.410 e. The third kappa shape index (κ3) is 3.44. The van der Waals surface area contributed by atoms with Gasteiger partial charge in [-0.15, -0.1) is 0 Å². The summed E-state index contributed by atoms with van der Waals surface area (Å²) >= 11 is 0. The number of rotatable bonds is 3. The maximum absolute atomic E-state index is 13.3. The molecule has 1 aliphatic carbocycles. The van der Waals surface area contributed by atoms with Crippen LogP contribution in [0.3, 0.4) is 0 Å². The van der Waals surface area contributed by atoms with Crippen molar-refractivity contribution in [1.82, 2.24) is 9.88 Å². The molecule has 5 heteroatoms. The van der Waals surface area contributed by atoms with E-state index in [1.165, 1.54) is 33.4 Å². The van der Waals surface area contributed by atoms with Gasteiger partial charge in [-0.3, -0.25) is 9.88 Å². The van der Waals surface area contributed by atoms with Crippen LogP contribution in [0.4, 0.5) is 4.79 Å². The van der Waals surface area contributed by atoms with Crippen LogP contribution in [0.5, 0.6) is 0 Å². The van der Waals surface area contributed by atoms with Gasteiger partial charge < -0.3 is 9.47 Å². The van der Waals surface area contributed by atoms with Crippen LogP contribution in [0.25, 0.3) is 16.7 Å². The second-order valence-electron chi connectivity index (χ2n) is 9.06. The van der Waals surface area contributed by atoms with Crippen molar-refractivity contribution in [2.24, 2.45) is 0 Å². The molecule has 1 amide bonds. The summed E-state index contributed by atoms with van der Waals surface area (Å²) in [4.78, 5) is 19.5. The monoisotopic (exact) mass is 438 g/mol. The first-order chi connectivity index (χ1) is 16.2. The molecule has 166 valence electrons. The number of aryl methyl sites for hydroxylation is 1. The van der Waals surface area contributed by atoms with E-state index in [2.05, 4.69) is 66.5 Å². The molecule has 1 saturated heterocycles. The summed E-state index contributed by atoms with van der Waals surface area (Å²) in [5, 5.41) is 0. The summed E-state index contributed by atoms with van der Waals surface area (Å²) < 4.78 is 11.8. The van der Waals surface area contributed by atoms with Crippen LogP contribution < -0.4 is 0 Å². The molecule has 5 nitrogen and oxygen atoms in total. The van der Waals surface area contributed by atoms with Crippen LogP contribution >= 0.6 is 0 Å². The van der Waals surface area contributed by atoms with Crippen molar-refractivity contribution in [2.75, 3.05) is 19.8 Å². The lowest BCUT2D eigenvalue weighted by Crippen LogP contribution is -2.56. The number of nitrogens with zero attached hydrogens (tertiary/aromatic N) is 2. The average molecular weight is 439 g/mol. The lowest BCUT2D eigenvalue weighted by atomic mass is 9.89. The number of ether oxygens (including phenoxy) is 2. The first-order valence-electron chi connectivity index (χ1n) is 11.5. The highest BCUT2D eigenvalue weighted by Gasteiger charge is 2.40. The van der Waals surface area contributed by atoms with E-state index in [-0.39, 0.29) is 24.1 Å². The number of carbonyl (C=O) groups is 1. The molecule has 1 aromatic heterocycles. The molecule has 3 aromatic rings. The quantitative estimate of drug-likeness (QED) is 0.564. The Morgan fingerprint density at radius 1 is 1.03 bits per heavy atom. The summed E-state index contributed by atoms with van der Waals surface area (Å²) in [5.74, 6) is 0.0615. The Morgan fingerprint density at radius 2 is 1.76 bits per heavy atom. The van der Waals surface area contributed by atoms with Crippen molar-refractivity contribution in [3.8, 4) is 11.1 Å². The summed E-state index contributed by atoms with van der Waals surface area (Å²) in [5.41, 5.74) is 8.51. The average Bonchev–Trinajstić information content (AvgIpc) is 3.16. The fraction of sp³-hybridized carbons (Fsp3) is 0.286. The van der Waals surface area contributed by atoms with Crippen LogP contribution in [-0.2, 0) is 9.47 Å². The van der Waals surface area contributed by atoms with Crippen molar-refractivity contribution >= 4 is 11.7 Å². The molecule has 3 heterocycles. The minimum absolute atomic E-state index is 0.0287. The zero-order valence-electron chi connectivity index (χ0n) is 18.6. The lowest BCUT2D eigenvalue weighted by molar-refractivity contribution is -0.0331. The predicted octanol–water partition coefficient (Wildman–Crippen LogP) is 5.20. The fourth-order valence-electron chi connectivity index (χ4n) is 5.55. The van der Waals surface area contributed by atoms with E-state index in [0.29, 0.717) is 19.8 Å². The van der Waals surface area contributed by atoms with E-state index >= 15 is 0 Å². The van der Waals surface area contributed by atoms with Crippen LogP contribution in [-0.4, -0.2) is 47.9 Å². The number of amides is 1. The molecule has 0 radical (unpaired) electrons. The van der Waals surface area contributed by atoms with E-state index in [1.54, 1.807) is 0 Å². The van der Waals surface area contributed by atoms with E-state index in [0.717, 1.165) is 12.0 Å². The molecule has 6 rings (SSSR count). The Kier molecular flexibility index (Phi) is 4.99. The highest BCUT2D eigenvalue weighted by molar-refractivity contribution is 5.79. The van der Waals surface area contributed by atoms with E-state index in [4.69, 9.17) is 9.47 Å². The predicted molar refractivity (Wildman–Crippen MR) is 127 cm³/mol. The summed E-state index contributed by atoms with van der Waals surface area (Å²) in [7, 11) is 0. The van der Waals surface area contributed by atoms with Crippen molar-refractivity contribution < 1.29 is 14.3 Å². The van der Waals surface area contributed by atoms with Gasteiger partial charge in [-0.2, -0.15) is 0 Å². The second kappa shape index (κ2) is 8.16. The second-order valence-corrected chi connectivity index (χ2v) is 9.06. The van der Waals surface area contributed by atoms with E-state index < -0.39 is 0 Å². The Bertz CT molecular complexity index is 1210. The molecule has 0 saturated carbocycles. The largest absolute Gasteiger partial charge is 0.448 e. The summed E-state index contributed by atoms with van der Waals surface area (Å²) in [6.45, 7) is 3.45. The van der Waals surface area contributed by atoms with Crippen LogP contribution in [0.1, 0.15) is 34.6 Å². The molecule has 0 spiro atoms. The van der Waals surface area contributed by atoms with Crippen molar-refractivity contribution in [1.29, 1.82) is 0 Å². The minimum Gasteiger partial charge on any atom is -0.448 e. The van der Waals surface area contributed by atoms with Gasteiger partial charge in [0.05, 0.1) is 25.3 Å². The Labute approximate surface area is 193 Å². The lowest BCUT2D eigenvalue weighted by Gasteiger charge is -2.44. The van der Waals surface area contributed by atoms with Gasteiger partial charge in [0.25, 0.3) is 0 Å². The highest BCUT2D eigenvalue weighted by atomic mass is 16.6. The topological polar surface area (TPSA) is 51.7 Å². The molecular weight excluding hydrogens is 412 g/mol. The first kappa shape index (κ1) is 20.2. The number of hydrogen-bond acceptors (Lipinski definition) is 4. The molecule has 3 aliphatic rings. The van der Waals surface area contributed by atoms with Crippen molar-refractivity contribution in [3.05, 3.63) is 95.3 Å². The number of carbonyl (C=O) groups excluding carboxylic acids is 1. The van der Waals surface area contributed by atoms with Gasteiger partial charge >= 0.3 is 6.09 Å². The zero-order valence-corrected chi connectivity index (χ0v) is 18.6. The minimum atomic E-state index is -0.256. The van der Waals surface area contributed by atoms with Crippen molar-refractivity contribution in [3.63, 3.8) is 0 Å². The van der Waals surface area contributed by atoms with Gasteiger partial charge in [0, 0.05) is 18.3 Å². The van der Waals surface area contributed by atoms with Crippen molar-refractivity contribution in [2.45, 2.75) is 31.3 Å². The third-order valence-corrected chi connectivity index (χ3v) is 7.13. The van der Waals surface area contributed by atoms with Gasteiger partial charge in [-0.1, -0.05) is 54.6 Å². The number of aromatic nitrogens is 1. The van der Waals surface area contributed by atoms with E-state index in [9.17, 15) is 4.79 Å². The van der Waals surface area contributed by atoms with Gasteiger partial charge in [-0.25, -0.2) is 4.79 Å². The number of benzene rings is 2. The molecule has 1 fully saturated rings. The molecule has 2 bridgehead atoms. The number of fused-ring (bicyclic) bond motifs is 5. The van der Waals surface area contributed by atoms with E-state index in [1.807, 2.05) is 23.4 Å². The maximum atomic E-state index is 13.3. The zero-order chi connectivity index (χ0) is 22.4. The summed E-state index contributed by atoms with van der Waals surface area (Å²) in [6.07, 6.45) is 6.37. The molecule has 2 unspecified atom stereocenters. The van der Waals surface area contributed by atoms with Gasteiger partial charge in [0.15, 0.2) is 0 Å². The number of morpholine rings is 1. The molecule has 2 atom stereocenters. The fourth-order valence-corrected chi connectivity index (χ4v) is 5.55. The molecule has 2 aromatic carbocycles. The molecule has 33 heavy (non-hydrogen) atoms. The third-order valence-electron chi connectivity index (χ3n) is 7.13. The Hall–Kier alpha value is -3.44. The number of hydrogen-bond donors (Lipinski definition) is 0. The summed E-state index contributed by atoms with van der Waals surface area (Å²) in [6, 6.07) is 18.7. The Balaban J connectivity index is 1.23. The van der Waals surface area contributed by atoms with Crippen LogP contribution in [0.15, 0.2) is 73.1 Å². The Morgan fingerprint density at radius 3 is 2.45 bits per heavy atom. The van der Waals surface area contributed by atoms with Crippen LogP contribution in [0.2, 0.25) is 0 Å². The van der Waals surface area contributed by atoms with Gasteiger partial charge in [0.2, 0.25) is 0 Å². The highest BCUT2D eigenvalue weighted by Crippen LogP contribution is 2.44. The van der Waals surface area contributed by atoms with Crippen LogP contribution in [0, 0.1) is 6.92 Å².